The molecule has 0 aromatic heterocycles. The highest BCUT2D eigenvalue weighted by Gasteiger charge is 2.41. The van der Waals surface area contributed by atoms with E-state index in [1.807, 2.05) is 0 Å². The summed E-state index contributed by atoms with van der Waals surface area (Å²) >= 11 is 0. The Kier molecular flexibility index (Phi) is 3.04. The van der Waals surface area contributed by atoms with Crippen LogP contribution in [0.5, 0.6) is 0 Å². The Bertz CT molecular complexity index is 682. The first-order chi connectivity index (χ1) is 9.85. The number of halogens is 5. The SMILES string of the molecule is CC1(c2c(F)c(F)c(F)c(F)c2F)Cc2ccccc2C1. The second kappa shape index (κ2) is 4.55. The lowest BCUT2D eigenvalue weighted by Gasteiger charge is -2.25. The van der Waals surface area contributed by atoms with Gasteiger partial charge >= 0.3 is 0 Å². The van der Waals surface area contributed by atoms with E-state index in [9.17, 15) is 22.0 Å². The van der Waals surface area contributed by atoms with Crippen LogP contribution in [-0.4, -0.2) is 0 Å². The van der Waals surface area contributed by atoms with Crippen molar-refractivity contribution in [3.05, 3.63) is 70.0 Å². The molecule has 110 valence electrons. The highest BCUT2D eigenvalue weighted by atomic mass is 19.2. The van der Waals surface area contributed by atoms with Crippen LogP contribution in [0.3, 0.4) is 0 Å². The zero-order chi connectivity index (χ0) is 15.4. The summed E-state index contributed by atoms with van der Waals surface area (Å²) in [5.74, 6) is -9.36. The topological polar surface area (TPSA) is 0 Å². The van der Waals surface area contributed by atoms with Crippen molar-refractivity contribution in [3.63, 3.8) is 0 Å². The monoisotopic (exact) mass is 298 g/mol. The van der Waals surface area contributed by atoms with Gasteiger partial charge in [-0.2, -0.15) is 0 Å². The summed E-state index contributed by atoms with van der Waals surface area (Å²) in [6, 6.07) is 7.16. The summed E-state index contributed by atoms with van der Waals surface area (Å²) in [4.78, 5) is 0. The molecule has 0 radical (unpaired) electrons. The van der Waals surface area contributed by atoms with E-state index in [0.29, 0.717) is 0 Å². The summed E-state index contributed by atoms with van der Waals surface area (Å²) < 4.78 is 67.9. The minimum Gasteiger partial charge on any atom is -0.203 e. The average molecular weight is 298 g/mol. The molecule has 0 spiro atoms. The molecular formula is C16H11F5. The highest BCUT2D eigenvalue weighted by molar-refractivity contribution is 5.43. The van der Waals surface area contributed by atoms with Gasteiger partial charge in [0.25, 0.3) is 0 Å². The molecule has 0 fully saturated rings. The van der Waals surface area contributed by atoms with Crippen molar-refractivity contribution in [1.29, 1.82) is 0 Å². The molecule has 0 saturated heterocycles. The molecule has 0 N–H and O–H groups in total. The molecular weight excluding hydrogens is 287 g/mol. The zero-order valence-corrected chi connectivity index (χ0v) is 11.1. The van der Waals surface area contributed by atoms with Gasteiger partial charge in [0.05, 0.1) is 0 Å². The van der Waals surface area contributed by atoms with Crippen LogP contribution in [0.1, 0.15) is 23.6 Å². The third kappa shape index (κ3) is 1.94. The van der Waals surface area contributed by atoms with Gasteiger partial charge in [-0.25, -0.2) is 22.0 Å². The van der Waals surface area contributed by atoms with Gasteiger partial charge in [-0.05, 0) is 24.0 Å². The lowest BCUT2D eigenvalue weighted by Crippen LogP contribution is -2.27. The normalized spacial score (nSPS) is 16.1. The maximum absolute atomic E-state index is 14.0. The fourth-order valence-electron chi connectivity index (χ4n) is 3.12. The zero-order valence-electron chi connectivity index (χ0n) is 11.1. The third-order valence-electron chi connectivity index (χ3n) is 4.09. The smallest absolute Gasteiger partial charge is 0.200 e. The van der Waals surface area contributed by atoms with Crippen molar-refractivity contribution in [1.82, 2.24) is 0 Å². The average Bonchev–Trinajstić information content (AvgIpc) is 2.79. The quantitative estimate of drug-likeness (QED) is 0.415. The Morgan fingerprint density at radius 2 is 1.10 bits per heavy atom. The minimum absolute atomic E-state index is 0.238. The van der Waals surface area contributed by atoms with Gasteiger partial charge in [0.1, 0.15) is 0 Å². The predicted molar refractivity (Wildman–Crippen MR) is 67.4 cm³/mol. The molecule has 2 aromatic carbocycles. The number of hydrogen-bond acceptors (Lipinski definition) is 0. The summed E-state index contributed by atoms with van der Waals surface area (Å²) in [5.41, 5.74) is -0.143. The van der Waals surface area contributed by atoms with Crippen molar-refractivity contribution in [2.75, 3.05) is 0 Å². The summed E-state index contributed by atoms with van der Waals surface area (Å²) in [6.45, 7) is 1.52. The van der Waals surface area contributed by atoms with Crippen LogP contribution >= 0.6 is 0 Å². The van der Waals surface area contributed by atoms with Crippen molar-refractivity contribution < 1.29 is 22.0 Å². The van der Waals surface area contributed by atoms with Crippen LogP contribution < -0.4 is 0 Å². The first-order valence-corrected chi connectivity index (χ1v) is 6.44. The van der Waals surface area contributed by atoms with E-state index >= 15 is 0 Å². The Morgan fingerprint density at radius 1 is 0.714 bits per heavy atom. The maximum atomic E-state index is 14.0. The van der Waals surface area contributed by atoms with Gasteiger partial charge in [-0.15, -0.1) is 0 Å². The molecule has 0 aliphatic heterocycles. The van der Waals surface area contributed by atoms with Gasteiger partial charge in [0.15, 0.2) is 23.3 Å². The minimum atomic E-state index is -2.12. The summed E-state index contributed by atoms with van der Waals surface area (Å²) in [7, 11) is 0. The van der Waals surface area contributed by atoms with Crippen LogP contribution in [0.4, 0.5) is 22.0 Å². The van der Waals surface area contributed by atoms with E-state index in [1.54, 1.807) is 24.3 Å². The maximum Gasteiger partial charge on any atom is 0.200 e. The molecule has 0 bridgehead atoms. The molecule has 0 amide bonds. The Balaban J connectivity index is 2.19. The second-order valence-electron chi connectivity index (χ2n) is 5.63. The molecule has 21 heavy (non-hydrogen) atoms. The van der Waals surface area contributed by atoms with Crippen LogP contribution in [0.15, 0.2) is 24.3 Å². The Labute approximate surface area is 118 Å². The molecule has 0 saturated carbocycles. The van der Waals surface area contributed by atoms with E-state index in [1.165, 1.54) is 6.92 Å². The van der Waals surface area contributed by atoms with Crippen molar-refractivity contribution >= 4 is 0 Å². The molecule has 1 aliphatic rings. The lowest BCUT2D eigenvalue weighted by molar-refractivity contribution is 0.342. The van der Waals surface area contributed by atoms with Crippen LogP contribution in [0.2, 0.25) is 0 Å². The number of hydrogen-bond donors (Lipinski definition) is 0. The first kappa shape index (κ1) is 14.0. The molecule has 1 aliphatic carbocycles. The molecule has 2 aromatic rings. The first-order valence-electron chi connectivity index (χ1n) is 6.44. The molecule has 0 heterocycles. The van der Waals surface area contributed by atoms with Gasteiger partial charge in [-0.3, -0.25) is 0 Å². The van der Waals surface area contributed by atoms with E-state index in [0.717, 1.165) is 11.1 Å². The van der Waals surface area contributed by atoms with Crippen LogP contribution in [0.25, 0.3) is 0 Å². The van der Waals surface area contributed by atoms with Crippen molar-refractivity contribution in [2.45, 2.75) is 25.2 Å². The van der Waals surface area contributed by atoms with Crippen LogP contribution in [0, 0.1) is 29.1 Å². The van der Waals surface area contributed by atoms with E-state index < -0.39 is 40.1 Å². The van der Waals surface area contributed by atoms with E-state index in [-0.39, 0.29) is 12.8 Å². The molecule has 0 atom stereocenters. The molecule has 0 unspecified atom stereocenters. The van der Waals surface area contributed by atoms with E-state index in [2.05, 4.69) is 0 Å². The van der Waals surface area contributed by atoms with Crippen molar-refractivity contribution in [3.8, 4) is 0 Å². The van der Waals surface area contributed by atoms with Crippen molar-refractivity contribution in [2.24, 2.45) is 0 Å². The third-order valence-corrected chi connectivity index (χ3v) is 4.09. The molecule has 3 rings (SSSR count). The van der Waals surface area contributed by atoms with Crippen LogP contribution in [-0.2, 0) is 18.3 Å². The fourth-order valence-corrected chi connectivity index (χ4v) is 3.12. The highest BCUT2D eigenvalue weighted by Crippen LogP contribution is 2.42. The Hall–Kier alpha value is -1.91. The van der Waals surface area contributed by atoms with Gasteiger partial charge < -0.3 is 0 Å². The molecule has 5 heteroatoms. The lowest BCUT2D eigenvalue weighted by atomic mass is 9.79. The predicted octanol–water partition coefficient (Wildman–Crippen LogP) is 4.44. The van der Waals surface area contributed by atoms with Gasteiger partial charge in [0, 0.05) is 11.0 Å². The standard InChI is InChI=1S/C16H11F5/c1-16(6-8-4-2-3-5-9(8)7-16)10-11(17)13(19)15(21)14(20)12(10)18/h2-5H,6-7H2,1H3. The summed E-state index contributed by atoms with van der Waals surface area (Å²) in [6.07, 6.45) is 0.475. The molecule has 0 nitrogen and oxygen atoms in total. The fraction of sp³-hybridized carbons (Fsp3) is 0.250. The van der Waals surface area contributed by atoms with Gasteiger partial charge in [0.2, 0.25) is 5.82 Å². The second-order valence-corrected chi connectivity index (χ2v) is 5.63. The number of rotatable bonds is 1. The number of fused-ring (bicyclic) bond motifs is 1. The summed E-state index contributed by atoms with van der Waals surface area (Å²) in [5, 5.41) is 0. The number of benzene rings is 2. The van der Waals surface area contributed by atoms with Gasteiger partial charge in [-0.1, -0.05) is 31.2 Å². The Morgan fingerprint density at radius 3 is 1.52 bits per heavy atom. The van der Waals surface area contributed by atoms with E-state index in [4.69, 9.17) is 0 Å². The largest absolute Gasteiger partial charge is 0.203 e.